The van der Waals surface area contributed by atoms with Crippen LogP contribution >= 0.6 is 11.8 Å². The summed E-state index contributed by atoms with van der Waals surface area (Å²) < 4.78 is 11.9. The molecule has 0 unspecified atom stereocenters. The number of carbonyl (C=O) groups excluding carboxylic acids is 1. The van der Waals surface area contributed by atoms with Crippen LogP contribution in [0.3, 0.4) is 0 Å². The van der Waals surface area contributed by atoms with Gasteiger partial charge in [-0.25, -0.2) is 9.78 Å². The fourth-order valence-corrected chi connectivity index (χ4v) is 4.62. The van der Waals surface area contributed by atoms with Gasteiger partial charge in [-0.1, -0.05) is 36.7 Å². The minimum Gasteiger partial charge on any atom is -0.463 e. The van der Waals surface area contributed by atoms with Crippen LogP contribution in [0.5, 0.6) is 0 Å². The Morgan fingerprint density at radius 1 is 1.30 bits per heavy atom. The predicted molar refractivity (Wildman–Crippen MR) is 103 cm³/mol. The molecule has 1 aromatic carbocycles. The number of methoxy groups -OCH3 is 1. The third kappa shape index (κ3) is 3.39. The second-order valence-electron chi connectivity index (χ2n) is 6.58. The maximum Gasteiger partial charge on any atom is 0.374 e. The molecule has 140 valence electrons. The highest BCUT2D eigenvalue weighted by Gasteiger charge is 2.24. The van der Waals surface area contributed by atoms with E-state index in [1.54, 1.807) is 6.07 Å². The quantitative estimate of drug-likeness (QED) is 0.373. The van der Waals surface area contributed by atoms with Crippen LogP contribution in [0.2, 0.25) is 0 Å². The maximum absolute atomic E-state index is 13.1. The minimum absolute atomic E-state index is 0.00962. The molecule has 0 aliphatic heterocycles. The van der Waals surface area contributed by atoms with Gasteiger partial charge >= 0.3 is 5.97 Å². The Kier molecular flexibility index (Phi) is 5.03. The summed E-state index contributed by atoms with van der Waals surface area (Å²) in [5.41, 5.74) is 1.43. The summed E-state index contributed by atoms with van der Waals surface area (Å²) in [4.78, 5) is 29.7. The van der Waals surface area contributed by atoms with Gasteiger partial charge in [0.15, 0.2) is 5.16 Å². The van der Waals surface area contributed by atoms with E-state index in [0.717, 1.165) is 31.2 Å². The van der Waals surface area contributed by atoms with E-state index in [2.05, 4.69) is 0 Å². The van der Waals surface area contributed by atoms with Crippen molar-refractivity contribution in [1.29, 1.82) is 0 Å². The first-order chi connectivity index (χ1) is 13.2. The Hall–Kier alpha value is -2.54. The molecule has 4 rings (SSSR count). The molecular formula is C20H20N2O4S. The van der Waals surface area contributed by atoms with E-state index in [9.17, 15) is 9.59 Å². The SMILES string of the molecule is COC(=O)c1occc1CSc1nc2ccccc2c(=O)n1C1CCCC1. The van der Waals surface area contributed by atoms with Gasteiger partial charge in [0.25, 0.3) is 5.56 Å². The first-order valence-electron chi connectivity index (χ1n) is 8.98. The van der Waals surface area contributed by atoms with Crippen molar-refractivity contribution in [2.24, 2.45) is 0 Å². The molecular weight excluding hydrogens is 364 g/mol. The normalized spacial score (nSPS) is 14.7. The molecule has 3 aromatic rings. The van der Waals surface area contributed by atoms with Gasteiger partial charge in [0.2, 0.25) is 5.76 Å². The van der Waals surface area contributed by atoms with Crippen LogP contribution in [0, 0.1) is 0 Å². The summed E-state index contributed by atoms with van der Waals surface area (Å²) in [5.74, 6) is 0.161. The van der Waals surface area contributed by atoms with Crippen molar-refractivity contribution in [3.05, 3.63) is 58.3 Å². The highest BCUT2D eigenvalue weighted by Crippen LogP contribution is 2.33. The molecule has 2 aromatic heterocycles. The number of hydrogen-bond donors (Lipinski definition) is 0. The summed E-state index contributed by atoms with van der Waals surface area (Å²) in [6.45, 7) is 0. The Labute approximate surface area is 160 Å². The summed E-state index contributed by atoms with van der Waals surface area (Å²) >= 11 is 1.45. The zero-order valence-electron chi connectivity index (χ0n) is 15.0. The molecule has 1 saturated carbocycles. The zero-order valence-corrected chi connectivity index (χ0v) is 15.8. The second-order valence-corrected chi connectivity index (χ2v) is 7.52. The number of rotatable bonds is 5. The number of aromatic nitrogens is 2. The molecule has 1 aliphatic carbocycles. The molecule has 0 N–H and O–H groups in total. The fourth-order valence-electron chi connectivity index (χ4n) is 3.58. The van der Waals surface area contributed by atoms with Crippen LogP contribution in [0.15, 0.2) is 51.0 Å². The summed E-state index contributed by atoms with van der Waals surface area (Å²) in [6, 6.07) is 9.37. The smallest absolute Gasteiger partial charge is 0.374 e. The van der Waals surface area contributed by atoms with E-state index in [4.69, 9.17) is 14.1 Å². The van der Waals surface area contributed by atoms with E-state index in [1.165, 1.54) is 25.1 Å². The number of carbonyl (C=O) groups is 1. The van der Waals surface area contributed by atoms with Crippen molar-refractivity contribution >= 4 is 28.6 Å². The zero-order chi connectivity index (χ0) is 18.8. The average molecular weight is 384 g/mol. The van der Waals surface area contributed by atoms with Gasteiger partial charge in [-0.3, -0.25) is 9.36 Å². The predicted octanol–water partition coefficient (Wildman–Crippen LogP) is 4.18. The molecule has 7 heteroatoms. The number of ether oxygens (including phenoxy) is 1. The number of nitrogens with zero attached hydrogens (tertiary/aromatic N) is 2. The lowest BCUT2D eigenvalue weighted by atomic mass is 10.2. The number of esters is 1. The Bertz CT molecular complexity index is 1030. The highest BCUT2D eigenvalue weighted by atomic mass is 32.2. The van der Waals surface area contributed by atoms with Gasteiger partial charge in [-0.2, -0.15) is 0 Å². The largest absolute Gasteiger partial charge is 0.463 e. The van der Waals surface area contributed by atoms with Crippen LogP contribution in [-0.4, -0.2) is 22.6 Å². The molecule has 0 spiro atoms. The third-order valence-electron chi connectivity index (χ3n) is 4.94. The molecule has 1 fully saturated rings. The van der Waals surface area contributed by atoms with Gasteiger partial charge in [0.1, 0.15) is 0 Å². The number of furan rings is 1. The summed E-state index contributed by atoms with van der Waals surface area (Å²) in [5, 5.41) is 1.33. The second kappa shape index (κ2) is 7.60. The van der Waals surface area contributed by atoms with Crippen LogP contribution in [0.4, 0.5) is 0 Å². The molecule has 0 atom stereocenters. The third-order valence-corrected chi connectivity index (χ3v) is 5.94. The lowest BCUT2D eigenvalue weighted by Crippen LogP contribution is -2.26. The molecule has 0 bridgehead atoms. The standard InChI is InChI=1S/C20H20N2O4S/c1-25-19(24)17-13(10-11-26-17)12-27-20-21-16-9-5-4-8-15(16)18(23)22(20)14-6-2-3-7-14/h4-5,8-11,14H,2-3,6-7,12H2,1H3. The molecule has 2 heterocycles. The molecule has 1 aliphatic rings. The molecule has 0 saturated heterocycles. The van der Waals surface area contributed by atoms with Crippen molar-refractivity contribution in [3.8, 4) is 0 Å². The molecule has 6 nitrogen and oxygen atoms in total. The van der Waals surface area contributed by atoms with Crippen molar-refractivity contribution in [2.75, 3.05) is 7.11 Å². The monoisotopic (exact) mass is 384 g/mol. The Morgan fingerprint density at radius 2 is 2.07 bits per heavy atom. The first kappa shape index (κ1) is 17.9. The van der Waals surface area contributed by atoms with E-state index < -0.39 is 5.97 Å². The van der Waals surface area contributed by atoms with Crippen molar-refractivity contribution in [3.63, 3.8) is 0 Å². The van der Waals surface area contributed by atoms with Gasteiger partial charge < -0.3 is 9.15 Å². The Balaban J connectivity index is 1.72. The van der Waals surface area contributed by atoms with E-state index in [1.807, 2.05) is 28.8 Å². The van der Waals surface area contributed by atoms with E-state index in [-0.39, 0.29) is 17.4 Å². The van der Waals surface area contributed by atoms with E-state index >= 15 is 0 Å². The molecule has 0 radical (unpaired) electrons. The van der Waals surface area contributed by atoms with Gasteiger partial charge in [0.05, 0.1) is 24.3 Å². The van der Waals surface area contributed by atoms with Crippen LogP contribution < -0.4 is 5.56 Å². The van der Waals surface area contributed by atoms with Crippen molar-refractivity contribution in [1.82, 2.24) is 9.55 Å². The fraction of sp³-hybridized carbons (Fsp3) is 0.350. The molecule has 27 heavy (non-hydrogen) atoms. The highest BCUT2D eigenvalue weighted by molar-refractivity contribution is 7.98. The maximum atomic E-state index is 13.1. The van der Waals surface area contributed by atoms with Crippen molar-refractivity contribution < 1.29 is 13.9 Å². The van der Waals surface area contributed by atoms with Crippen LogP contribution in [0.1, 0.15) is 47.8 Å². The molecule has 0 amide bonds. The van der Waals surface area contributed by atoms with E-state index in [0.29, 0.717) is 21.8 Å². The first-order valence-corrected chi connectivity index (χ1v) is 9.96. The van der Waals surface area contributed by atoms with Gasteiger partial charge in [-0.05, 0) is 31.0 Å². The van der Waals surface area contributed by atoms with Gasteiger partial charge in [-0.15, -0.1) is 0 Å². The minimum atomic E-state index is -0.504. The number of benzene rings is 1. The number of fused-ring (bicyclic) bond motifs is 1. The Morgan fingerprint density at radius 3 is 2.85 bits per heavy atom. The lowest BCUT2D eigenvalue weighted by Gasteiger charge is -2.18. The van der Waals surface area contributed by atoms with Crippen LogP contribution in [0.25, 0.3) is 10.9 Å². The summed E-state index contributed by atoms with van der Waals surface area (Å²) in [7, 11) is 1.32. The summed E-state index contributed by atoms with van der Waals surface area (Å²) in [6.07, 6.45) is 5.71. The van der Waals surface area contributed by atoms with Crippen LogP contribution in [-0.2, 0) is 10.5 Å². The number of hydrogen-bond acceptors (Lipinski definition) is 6. The number of para-hydroxylation sites is 1. The topological polar surface area (TPSA) is 74.3 Å². The van der Waals surface area contributed by atoms with Crippen molar-refractivity contribution in [2.45, 2.75) is 42.6 Å². The number of thioether (sulfide) groups is 1. The lowest BCUT2D eigenvalue weighted by molar-refractivity contribution is 0.0564. The van der Waals surface area contributed by atoms with Gasteiger partial charge in [0, 0.05) is 17.4 Å². The average Bonchev–Trinajstić information content (AvgIpc) is 3.38.